The van der Waals surface area contributed by atoms with Crippen LogP contribution in [0.4, 0.5) is 0 Å². The molecule has 0 aliphatic carbocycles. The van der Waals surface area contributed by atoms with Crippen molar-refractivity contribution in [1.29, 1.82) is 0 Å². The Labute approximate surface area is 148 Å². The van der Waals surface area contributed by atoms with Gasteiger partial charge in [-0.25, -0.2) is 0 Å². The SMILES string of the molecule is COc1ccc(C(CC(=O)O)c2cc(C)c(C)c(OC)c2)cc1OC. The van der Waals surface area contributed by atoms with Crippen LogP contribution in [-0.4, -0.2) is 32.4 Å². The van der Waals surface area contributed by atoms with Gasteiger partial charge in [-0.3, -0.25) is 4.79 Å². The van der Waals surface area contributed by atoms with E-state index in [-0.39, 0.29) is 12.3 Å². The minimum Gasteiger partial charge on any atom is -0.496 e. The molecule has 0 amide bonds. The minimum atomic E-state index is -0.864. The van der Waals surface area contributed by atoms with Crippen molar-refractivity contribution in [3.05, 3.63) is 52.6 Å². The highest BCUT2D eigenvalue weighted by Gasteiger charge is 2.21. The standard InChI is InChI=1S/C20H24O5/c1-12-8-15(10-18(24-4)13(12)2)16(11-20(21)22)14-6-7-17(23-3)19(9-14)25-5/h6-10,16H,11H2,1-5H3,(H,21,22). The number of carbonyl (C=O) groups is 1. The van der Waals surface area contributed by atoms with Gasteiger partial charge in [-0.15, -0.1) is 0 Å². The summed E-state index contributed by atoms with van der Waals surface area (Å²) in [5.74, 6) is 0.762. The average molecular weight is 344 g/mol. The molecule has 0 saturated carbocycles. The first-order chi connectivity index (χ1) is 11.9. The monoisotopic (exact) mass is 344 g/mol. The Bertz CT molecular complexity index is 767. The summed E-state index contributed by atoms with van der Waals surface area (Å²) in [5.41, 5.74) is 3.86. The van der Waals surface area contributed by atoms with Gasteiger partial charge in [0.25, 0.3) is 0 Å². The van der Waals surface area contributed by atoms with Crippen molar-refractivity contribution in [2.45, 2.75) is 26.2 Å². The van der Waals surface area contributed by atoms with Gasteiger partial charge in [0.05, 0.1) is 27.8 Å². The third-order valence-corrected chi connectivity index (χ3v) is 4.45. The number of carboxylic acids is 1. The fourth-order valence-corrected chi connectivity index (χ4v) is 2.94. The van der Waals surface area contributed by atoms with Crippen LogP contribution < -0.4 is 14.2 Å². The van der Waals surface area contributed by atoms with E-state index in [9.17, 15) is 9.90 Å². The van der Waals surface area contributed by atoms with E-state index in [1.807, 2.05) is 38.1 Å². The molecule has 0 aliphatic rings. The summed E-state index contributed by atoms with van der Waals surface area (Å²) in [6.45, 7) is 3.98. The lowest BCUT2D eigenvalue weighted by Crippen LogP contribution is -2.09. The zero-order valence-electron chi connectivity index (χ0n) is 15.3. The van der Waals surface area contributed by atoms with Crippen LogP contribution in [0.3, 0.4) is 0 Å². The quantitative estimate of drug-likeness (QED) is 0.824. The summed E-state index contributed by atoms with van der Waals surface area (Å²) >= 11 is 0. The van der Waals surface area contributed by atoms with Crippen LogP contribution in [-0.2, 0) is 4.79 Å². The van der Waals surface area contributed by atoms with E-state index in [1.54, 1.807) is 27.4 Å². The lowest BCUT2D eigenvalue weighted by atomic mass is 9.86. The van der Waals surface area contributed by atoms with Gasteiger partial charge >= 0.3 is 5.97 Å². The zero-order chi connectivity index (χ0) is 18.6. The summed E-state index contributed by atoms with van der Waals surface area (Å²) in [5, 5.41) is 9.40. The summed E-state index contributed by atoms with van der Waals surface area (Å²) in [7, 11) is 4.75. The van der Waals surface area contributed by atoms with Gasteiger partial charge in [-0.05, 0) is 54.3 Å². The molecule has 134 valence electrons. The van der Waals surface area contributed by atoms with E-state index >= 15 is 0 Å². The van der Waals surface area contributed by atoms with E-state index in [4.69, 9.17) is 14.2 Å². The molecular weight excluding hydrogens is 320 g/mol. The lowest BCUT2D eigenvalue weighted by Gasteiger charge is -2.20. The smallest absolute Gasteiger partial charge is 0.304 e. The van der Waals surface area contributed by atoms with Crippen molar-refractivity contribution in [3.8, 4) is 17.2 Å². The van der Waals surface area contributed by atoms with Gasteiger partial charge in [-0.1, -0.05) is 12.1 Å². The molecule has 0 aliphatic heterocycles. The van der Waals surface area contributed by atoms with Gasteiger partial charge in [0, 0.05) is 5.92 Å². The first-order valence-electron chi connectivity index (χ1n) is 8.00. The van der Waals surface area contributed by atoms with Crippen molar-refractivity contribution in [2.75, 3.05) is 21.3 Å². The highest BCUT2D eigenvalue weighted by molar-refractivity contribution is 5.69. The molecule has 0 heterocycles. The van der Waals surface area contributed by atoms with Crippen LogP contribution in [0.2, 0.25) is 0 Å². The largest absolute Gasteiger partial charge is 0.496 e. The Morgan fingerprint density at radius 2 is 1.52 bits per heavy atom. The first-order valence-corrected chi connectivity index (χ1v) is 8.00. The fourth-order valence-electron chi connectivity index (χ4n) is 2.94. The highest BCUT2D eigenvalue weighted by Crippen LogP contribution is 2.37. The maximum Gasteiger partial charge on any atom is 0.304 e. The third kappa shape index (κ3) is 4.05. The molecule has 0 saturated heterocycles. The molecule has 25 heavy (non-hydrogen) atoms. The van der Waals surface area contributed by atoms with E-state index in [0.717, 1.165) is 28.0 Å². The molecule has 1 unspecified atom stereocenters. The molecule has 0 aromatic heterocycles. The molecule has 2 rings (SSSR count). The van der Waals surface area contributed by atoms with Gasteiger partial charge in [0.15, 0.2) is 11.5 Å². The van der Waals surface area contributed by atoms with Crippen LogP contribution in [0.25, 0.3) is 0 Å². The Balaban J connectivity index is 2.57. The number of aliphatic carboxylic acids is 1. The molecular formula is C20H24O5. The summed E-state index contributed by atoms with van der Waals surface area (Å²) < 4.78 is 16.1. The average Bonchev–Trinajstić information content (AvgIpc) is 2.61. The van der Waals surface area contributed by atoms with Gasteiger partial charge in [0.2, 0.25) is 0 Å². The number of hydrogen-bond acceptors (Lipinski definition) is 4. The second-order valence-electron chi connectivity index (χ2n) is 5.93. The van der Waals surface area contributed by atoms with Crippen LogP contribution >= 0.6 is 0 Å². The van der Waals surface area contributed by atoms with Crippen molar-refractivity contribution < 1.29 is 24.1 Å². The molecule has 0 spiro atoms. The minimum absolute atomic E-state index is 0.0266. The molecule has 1 atom stereocenters. The second kappa shape index (κ2) is 7.92. The van der Waals surface area contributed by atoms with Crippen LogP contribution in [0.1, 0.15) is 34.6 Å². The molecule has 2 aromatic rings. The van der Waals surface area contributed by atoms with Gasteiger partial charge < -0.3 is 19.3 Å². The van der Waals surface area contributed by atoms with Crippen LogP contribution in [0, 0.1) is 13.8 Å². The number of rotatable bonds is 7. The maximum atomic E-state index is 11.5. The van der Waals surface area contributed by atoms with Gasteiger partial charge in [-0.2, -0.15) is 0 Å². The lowest BCUT2D eigenvalue weighted by molar-refractivity contribution is -0.137. The number of carboxylic acid groups (broad SMARTS) is 1. The van der Waals surface area contributed by atoms with Crippen molar-refractivity contribution in [1.82, 2.24) is 0 Å². The van der Waals surface area contributed by atoms with E-state index in [2.05, 4.69) is 0 Å². The van der Waals surface area contributed by atoms with Crippen molar-refractivity contribution in [3.63, 3.8) is 0 Å². The number of methoxy groups -OCH3 is 3. The van der Waals surface area contributed by atoms with E-state index in [1.165, 1.54) is 0 Å². The number of aryl methyl sites for hydroxylation is 1. The second-order valence-corrected chi connectivity index (χ2v) is 5.93. The van der Waals surface area contributed by atoms with E-state index < -0.39 is 5.97 Å². The Kier molecular flexibility index (Phi) is 5.91. The highest BCUT2D eigenvalue weighted by atomic mass is 16.5. The predicted molar refractivity (Wildman–Crippen MR) is 96.1 cm³/mol. The number of benzene rings is 2. The molecule has 5 nitrogen and oxygen atoms in total. The van der Waals surface area contributed by atoms with Gasteiger partial charge in [0.1, 0.15) is 5.75 Å². The molecule has 0 radical (unpaired) electrons. The van der Waals surface area contributed by atoms with E-state index in [0.29, 0.717) is 11.5 Å². The van der Waals surface area contributed by atoms with Crippen molar-refractivity contribution >= 4 is 5.97 Å². The zero-order valence-corrected chi connectivity index (χ0v) is 15.3. The molecule has 0 fully saturated rings. The predicted octanol–water partition coefficient (Wildman–Crippen LogP) is 3.94. The molecule has 5 heteroatoms. The topological polar surface area (TPSA) is 65.0 Å². The summed E-state index contributed by atoms with van der Waals surface area (Å²) in [6, 6.07) is 9.42. The number of hydrogen-bond donors (Lipinski definition) is 1. The summed E-state index contributed by atoms with van der Waals surface area (Å²) in [6.07, 6.45) is -0.0266. The molecule has 0 bridgehead atoms. The summed E-state index contributed by atoms with van der Waals surface area (Å²) in [4.78, 5) is 11.5. The van der Waals surface area contributed by atoms with Crippen molar-refractivity contribution in [2.24, 2.45) is 0 Å². The van der Waals surface area contributed by atoms with Crippen LogP contribution in [0.15, 0.2) is 30.3 Å². The normalized spacial score (nSPS) is 11.7. The Hall–Kier alpha value is -2.69. The van der Waals surface area contributed by atoms with Crippen LogP contribution in [0.5, 0.6) is 17.2 Å². The first kappa shape index (κ1) is 18.6. The maximum absolute atomic E-state index is 11.5. The third-order valence-electron chi connectivity index (χ3n) is 4.45. The molecule has 1 N–H and O–H groups in total. The molecule has 2 aromatic carbocycles. The Morgan fingerprint density at radius 1 is 0.920 bits per heavy atom. The fraction of sp³-hybridized carbons (Fsp3) is 0.350. The Morgan fingerprint density at radius 3 is 2.08 bits per heavy atom. The number of ether oxygens (including phenoxy) is 3.